The Morgan fingerprint density at radius 2 is 1.54 bits per heavy atom. The van der Waals surface area contributed by atoms with E-state index < -0.39 is 0 Å². The fourth-order valence-corrected chi connectivity index (χ4v) is 0.694. The second kappa shape index (κ2) is 11.8. The van der Waals surface area contributed by atoms with Gasteiger partial charge in [0.25, 0.3) is 0 Å². The molecule has 0 spiro atoms. The van der Waals surface area contributed by atoms with Gasteiger partial charge in [-0.2, -0.15) is 0 Å². The van der Waals surface area contributed by atoms with Crippen LogP contribution < -0.4 is 22.1 Å². The van der Waals surface area contributed by atoms with E-state index in [-0.39, 0.29) is 6.04 Å². The van der Waals surface area contributed by atoms with E-state index in [1.165, 1.54) is 0 Å². The van der Waals surface area contributed by atoms with Crippen molar-refractivity contribution in [1.82, 2.24) is 10.6 Å². The summed E-state index contributed by atoms with van der Waals surface area (Å²) in [5.74, 6) is 0. The molecule has 0 aliphatic rings. The van der Waals surface area contributed by atoms with Crippen LogP contribution in [0.2, 0.25) is 0 Å². The molecular formula is C9H26N4. The van der Waals surface area contributed by atoms with Gasteiger partial charge in [0, 0.05) is 25.2 Å². The zero-order chi connectivity index (χ0) is 10.7. The molecule has 0 fully saturated rings. The Labute approximate surface area is 82.4 Å². The molecule has 0 heterocycles. The molecule has 0 aliphatic carbocycles. The molecule has 2 atom stereocenters. The van der Waals surface area contributed by atoms with Crippen molar-refractivity contribution in [1.29, 1.82) is 0 Å². The predicted molar refractivity (Wildman–Crippen MR) is 59.8 cm³/mol. The van der Waals surface area contributed by atoms with Crippen LogP contribution in [0.3, 0.4) is 0 Å². The molecule has 0 aliphatic heterocycles. The minimum atomic E-state index is 0.287. The number of rotatable bonds is 5. The third-order valence-electron chi connectivity index (χ3n) is 1.24. The molecule has 6 N–H and O–H groups in total. The Bertz CT molecular complexity index is 83.7. The highest BCUT2D eigenvalue weighted by atomic mass is 14.9. The van der Waals surface area contributed by atoms with E-state index in [1.807, 2.05) is 20.9 Å². The summed E-state index contributed by atoms with van der Waals surface area (Å²) < 4.78 is 0. The van der Waals surface area contributed by atoms with E-state index in [2.05, 4.69) is 17.6 Å². The zero-order valence-electron chi connectivity index (χ0n) is 9.43. The van der Waals surface area contributed by atoms with Gasteiger partial charge < -0.3 is 22.1 Å². The molecule has 0 bridgehead atoms. The molecule has 4 nitrogen and oxygen atoms in total. The molecule has 0 radical (unpaired) electrons. The van der Waals surface area contributed by atoms with E-state index in [0.29, 0.717) is 6.04 Å². The Hall–Kier alpha value is -0.160. The molecule has 0 saturated heterocycles. The van der Waals surface area contributed by atoms with Gasteiger partial charge in [0.2, 0.25) is 0 Å². The minimum absolute atomic E-state index is 0.287. The summed E-state index contributed by atoms with van der Waals surface area (Å²) in [6.45, 7) is 8.87. The van der Waals surface area contributed by atoms with Crippen LogP contribution in [-0.4, -0.2) is 38.8 Å². The summed E-state index contributed by atoms with van der Waals surface area (Å²) in [5.41, 5.74) is 10.8. The molecule has 0 saturated carbocycles. The molecule has 82 valence electrons. The summed E-state index contributed by atoms with van der Waals surface area (Å²) >= 11 is 0. The van der Waals surface area contributed by atoms with Crippen LogP contribution in [-0.2, 0) is 0 Å². The zero-order valence-corrected chi connectivity index (χ0v) is 9.43. The van der Waals surface area contributed by atoms with Gasteiger partial charge in [0.15, 0.2) is 0 Å². The summed E-state index contributed by atoms with van der Waals surface area (Å²) in [6, 6.07) is 0.579. The topological polar surface area (TPSA) is 76.1 Å². The summed E-state index contributed by atoms with van der Waals surface area (Å²) in [5, 5.41) is 6.06. The summed E-state index contributed by atoms with van der Waals surface area (Å²) in [7, 11) is 1.89. The van der Waals surface area contributed by atoms with Gasteiger partial charge in [0.1, 0.15) is 0 Å². The first-order chi connectivity index (χ1) is 6.04. The van der Waals surface area contributed by atoms with Crippen molar-refractivity contribution >= 4 is 0 Å². The Kier molecular flexibility index (Phi) is 14.0. The molecule has 0 aromatic carbocycles. The van der Waals surface area contributed by atoms with E-state index in [0.717, 1.165) is 19.6 Å². The lowest BCUT2D eigenvalue weighted by Gasteiger charge is -2.02. The summed E-state index contributed by atoms with van der Waals surface area (Å²) in [6.07, 6.45) is 0. The van der Waals surface area contributed by atoms with E-state index in [4.69, 9.17) is 11.5 Å². The minimum Gasteiger partial charge on any atom is -0.327 e. The second-order valence-electron chi connectivity index (χ2n) is 3.32. The third-order valence-corrected chi connectivity index (χ3v) is 1.24. The standard InChI is InChI=1S/C5H14N2.C4H12N2/c1-3-7-4-5(2)6;1-4(5)3-6-2/h5,7H,3-4,6H2,1-2H3;4,6H,3,5H2,1-2H3. The summed E-state index contributed by atoms with van der Waals surface area (Å²) in [4.78, 5) is 0. The van der Waals surface area contributed by atoms with Gasteiger partial charge in [-0.3, -0.25) is 0 Å². The molecule has 0 aromatic heterocycles. The van der Waals surface area contributed by atoms with Crippen LogP contribution in [0.4, 0.5) is 0 Å². The first kappa shape index (κ1) is 15.3. The van der Waals surface area contributed by atoms with Gasteiger partial charge in [-0.15, -0.1) is 0 Å². The molecular weight excluding hydrogens is 164 g/mol. The highest BCUT2D eigenvalue weighted by Crippen LogP contribution is 1.66. The predicted octanol–water partition coefficient (Wildman–Crippen LogP) is -0.504. The lowest BCUT2D eigenvalue weighted by Crippen LogP contribution is -2.30. The first-order valence-corrected chi connectivity index (χ1v) is 4.91. The van der Waals surface area contributed by atoms with Crippen LogP contribution in [0.15, 0.2) is 0 Å². The molecule has 13 heavy (non-hydrogen) atoms. The molecule has 4 heteroatoms. The van der Waals surface area contributed by atoms with Crippen LogP contribution in [0.25, 0.3) is 0 Å². The van der Waals surface area contributed by atoms with Gasteiger partial charge in [-0.05, 0) is 27.4 Å². The van der Waals surface area contributed by atoms with Crippen molar-refractivity contribution in [2.75, 3.05) is 26.7 Å². The Balaban J connectivity index is 0. The smallest absolute Gasteiger partial charge is 0.0136 e. The van der Waals surface area contributed by atoms with Gasteiger partial charge in [-0.25, -0.2) is 0 Å². The number of nitrogens with two attached hydrogens (primary N) is 2. The maximum atomic E-state index is 5.42. The fourth-order valence-electron chi connectivity index (χ4n) is 0.694. The highest BCUT2D eigenvalue weighted by Gasteiger charge is 1.87. The van der Waals surface area contributed by atoms with Crippen molar-refractivity contribution in [2.24, 2.45) is 11.5 Å². The molecule has 2 unspecified atom stereocenters. The molecule has 0 aromatic rings. The normalized spacial score (nSPS) is 14.3. The van der Waals surface area contributed by atoms with E-state index in [9.17, 15) is 0 Å². The Morgan fingerprint density at radius 1 is 1.08 bits per heavy atom. The molecule has 0 rings (SSSR count). The third kappa shape index (κ3) is 24.5. The quantitative estimate of drug-likeness (QED) is 0.471. The average molecular weight is 190 g/mol. The molecule has 0 amide bonds. The van der Waals surface area contributed by atoms with Gasteiger partial charge in [0.05, 0.1) is 0 Å². The lowest BCUT2D eigenvalue weighted by atomic mass is 10.4. The van der Waals surface area contributed by atoms with E-state index in [1.54, 1.807) is 0 Å². The fraction of sp³-hybridized carbons (Fsp3) is 1.00. The Morgan fingerprint density at radius 3 is 1.62 bits per heavy atom. The van der Waals surface area contributed by atoms with Crippen molar-refractivity contribution in [3.63, 3.8) is 0 Å². The monoisotopic (exact) mass is 190 g/mol. The first-order valence-electron chi connectivity index (χ1n) is 4.91. The lowest BCUT2D eigenvalue weighted by molar-refractivity contribution is 0.627. The van der Waals surface area contributed by atoms with Crippen molar-refractivity contribution in [3.05, 3.63) is 0 Å². The van der Waals surface area contributed by atoms with Crippen LogP contribution in [0.1, 0.15) is 20.8 Å². The average Bonchev–Trinajstić information content (AvgIpc) is 2.01. The SMILES string of the molecule is CCNCC(C)N.CNCC(C)N. The van der Waals surface area contributed by atoms with Crippen molar-refractivity contribution in [3.8, 4) is 0 Å². The second-order valence-corrected chi connectivity index (χ2v) is 3.32. The number of hydrogen-bond acceptors (Lipinski definition) is 4. The number of likely N-dealkylation sites (N-methyl/N-ethyl adjacent to an activating group) is 2. The maximum absolute atomic E-state index is 5.42. The van der Waals surface area contributed by atoms with Crippen LogP contribution in [0.5, 0.6) is 0 Å². The van der Waals surface area contributed by atoms with Crippen molar-refractivity contribution < 1.29 is 0 Å². The number of hydrogen-bond donors (Lipinski definition) is 4. The van der Waals surface area contributed by atoms with Crippen LogP contribution >= 0.6 is 0 Å². The maximum Gasteiger partial charge on any atom is 0.0136 e. The van der Waals surface area contributed by atoms with Gasteiger partial charge >= 0.3 is 0 Å². The number of nitrogens with one attached hydrogen (secondary N) is 2. The largest absolute Gasteiger partial charge is 0.327 e. The van der Waals surface area contributed by atoms with E-state index >= 15 is 0 Å². The van der Waals surface area contributed by atoms with Crippen molar-refractivity contribution in [2.45, 2.75) is 32.9 Å². The van der Waals surface area contributed by atoms with Crippen LogP contribution in [0, 0.1) is 0 Å². The van der Waals surface area contributed by atoms with Gasteiger partial charge in [-0.1, -0.05) is 6.92 Å². The highest BCUT2D eigenvalue weighted by molar-refractivity contribution is 4.54.